The van der Waals surface area contributed by atoms with Gasteiger partial charge in [-0.15, -0.1) is 0 Å². The number of nitriles is 1. The summed E-state index contributed by atoms with van der Waals surface area (Å²) >= 11 is 0. The molecule has 0 bridgehead atoms. The van der Waals surface area contributed by atoms with E-state index >= 15 is 0 Å². The van der Waals surface area contributed by atoms with E-state index in [9.17, 15) is 14.9 Å². The standard InChI is InChI=1S/C14H10N4O3/c1-9-2-5-13(16-8-9)17-14(19)12-4-3-11(18(20)21)6-10(12)7-15/h2-6,8H,1H3,(H,16,17,19). The Balaban J connectivity index is 2.29. The number of non-ortho nitro benzene ring substituents is 1. The number of nitro benzene ring substituents is 1. The molecule has 0 atom stereocenters. The van der Waals surface area contributed by atoms with Crippen LogP contribution in [-0.4, -0.2) is 15.8 Å². The van der Waals surface area contributed by atoms with Crippen LogP contribution in [0.5, 0.6) is 0 Å². The number of nitrogens with zero attached hydrogens (tertiary/aromatic N) is 3. The Morgan fingerprint density at radius 2 is 2.14 bits per heavy atom. The number of nitrogens with one attached hydrogen (secondary N) is 1. The Kier molecular flexibility index (Phi) is 3.90. The van der Waals surface area contributed by atoms with E-state index in [4.69, 9.17) is 5.26 Å². The first-order valence-electron chi connectivity index (χ1n) is 5.94. The Hall–Kier alpha value is -3.27. The second-order valence-electron chi connectivity index (χ2n) is 4.27. The number of pyridine rings is 1. The van der Waals surface area contributed by atoms with E-state index in [2.05, 4.69) is 10.3 Å². The Morgan fingerprint density at radius 3 is 2.71 bits per heavy atom. The summed E-state index contributed by atoms with van der Waals surface area (Å²) in [6.07, 6.45) is 1.59. The summed E-state index contributed by atoms with van der Waals surface area (Å²) in [5, 5.41) is 22.2. The minimum Gasteiger partial charge on any atom is -0.307 e. The van der Waals surface area contributed by atoms with Gasteiger partial charge in [-0.1, -0.05) is 6.07 Å². The second kappa shape index (κ2) is 5.79. The zero-order chi connectivity index (χ0) is 15.4. The maximum absolute atomic E-state index is 12.1. The molecule has 0 aliphatic heterocycles. The topological polar surface area (TPSA) is 109 Å². The molecule has 104 valence electrons. The van der Waals surface area contributed by atoms with Crippen LogP contribution in [0.1, 0.15) is 21.5 Å². The third-order valence-corrected chi connectivity index (χ3v) is 2.73. The van der Waals surface area contributed by atoms with Crippen LogP contribution in [0.2, 0.25) is 0 Å². The quantitative estimate of drug-likeness (QED) is 0.686. The summed E-state index contributed by atoms with van der Waals surface area (Å²) in [5.74, 6) is -0.203. The van der Waals surface area contributed by atoms with Gasteiger partial charge in [0.1, 0.15) is 11.9 Å². The van der Waals surface area contributed by atoms with Crippen molar-refractivity contribution in [1.29, 1.82) is 5.26 Å². The highest BCUT2D eigenvalue weighted by Gasteiger charge is 2.16. The second-order valence-corrected chi connectivity index (χ2v) is 4.27. The van der Waals surface area contributed by atoms with Gasteiger partial charge in [-0.25, -0.2) is 4.98 Å². The van der Waals surface area contributed by atoms with Gasteiger partial charge in [0.2, 0.25) is 0 Å². The average molecular weight is 282 g/mol. The number of amides is 1. The van der Waals surface area contributed by atoms with Crippen LogP contribution in [-0.2, 0) is 0 Å². The molecule has 0 aliphatic rings. The van der Waals surface area contributed by atoms with Gasteiger partial charge >= 0.3 is 0 Å². The lowest BCUT2D eigenvalue weighted by Gasteiger charge is -2.06. The number of hydrogen-bond donors (Lipinski definition) is 1. The molecule has 0 spiro atoms. The molecule has 0 radical (unpaired) electrons. The summed E-state index contributed by atoms with van der Waals surface area (Å²) in [5.41, 5.74) is 0.705. The molecule has 0 unspecified atom stereocenters. The smallest absolute Gasteiger partial charge is 0.270 e. The third kappa shape index (κ3) is 3.19. The van der Waals surface area contributed by atoms with Crippen molar-refractivity contribution < 1.29 is 9.72 Å². The zero-order valence-corrected chi connectivity index (χ0v) is 11.0. The maximum Gasteiger partial charge on any atom is 0.270 e. The number of carbonyl (C=O) groups is 1. The largest absolute Gasteiger partial charge is 0.307 e. The number of hydrogen-bond acceptors (Lipinski definition) is 5. The molecule has 1 N–H and O–H groups in total. The number of anilines is 1. The van der Waals surface area contributed by atoms with Gasteiger partial charge in [-0.05, 0) is 24.6 Å². The van der Waals surface area contributed by atoms with Crippen molar-refractivity contribution >= 4 is 17.4 Å². The maximum atomic E-state index is 12.1. The van der Waals surface area contributed by atoms with Crippen molar-refractivity contribution in [2.45, 2.75) is 6.92 Å². The average Bonchev–Trinajstić information content (AvgIpc) is 2.48. The molecular weight excluding hydrogens is 272 g/mol. The first-order valence-corrected chi connectivity index (χ1v) is 5.94. The fraction of sp³-hybridized carbons (Fsp3) is 0.0714. The highest BCUT2D eigenvalue weighted by molar-refractivity contribution is 6.05. The lowest BCUT2D eigenvalue weighted by molar-refractivity contribution is -0.384. The van der Waals surface area contributed by atoms with Gasteiger partial charge < -0.3 is 5.32 Å². The van der Waals surface area contributed by atoms with Gasteiger partial charge in [-0.3, -0.25) is 14.9 Å². The van der Waals surface area contributed by atoms with Gasteiger partial charge in [0.05, 0.1) is 16.1 Å². The Bertz CT molecular complexity index is 748. The van der Waals surface area contributed by atoms with Crippen molar-refractivity contribution in [3.63, 3.8) is 0 Å². The number of carbonyl (C=O) groups excluding carboxylic acids is 1. The van der Waals surface area contributed by atoms with Crippen LogP contribution in [0.15, 0.2) is 36.5 Å². The number of aromatic nitrogens is 1. The molecule has 1 amide bonds. The monoisotopic (exact) mass is 282 g/mol. The third-order valence-electron chi connectivity index (χ3n) is 2.73. The van der Waals surface area contributed by atoms with E-state index in [1.54, 1.807) is 24.4 Å². The molecule has 1 aromatic heterocycles. The molecule has 0 fully saturated rings. The fourth-order valence-corrected chi connectivity index (χ4v) is 1.66. The van der Waals surface area contributed by atoms with Crippen LogP contribution < -0.4 is 5.32 Å². The highest BCUT2D eigenvalue weighted by atomic mass is 16.6. The van der Waals surface area contributed by atoms with Crippen molar-refractivity contribution in [1.82, 2.24) is 4.98 Å². The van der Waals surface area contributed by atoms with E-state index < -0.39 is 10.8 Å². The van der Waals surface area contributed by atoms with Crippen LogP contribution in [0.4, 0.5) is 11.5 Å². The van der Waals surface area contributed by atoms with Gasteiger partial charge in [0, 0.05) is 18.3 Å². The minimum absolute atomic E-state index is 0.0606. The normalized spacial score (nSPS) is 9.71. The molecule has 7 heteroatoms. The predicted octanol–water partition coefficient (Wildman–Crippen LogP) is 2.42. The van der Waals surface area contributed by atoms with Crippen LogP contribution in [0, 0.1) is 28.4 Å². The molecule has 2 aromatic rings. The first kappa shape index (κ1) is 14.1. The summed E-state index contributed by atoms with van der Waals surface area (Å²) in [4.78, 5) is 26.1. The molecule has 0 saturated carbocycles. The lowest BCUT2D eigenvalue weighted by atomic mass is 10.1. The van der Waals surface area contributed by atoms with Crippen molar-refractivity contribution in [3.05, 3.63) is 63.3 Å². The number of rotatable bonds is 3. The Labute approximate surface area is 120 Å². The van der Waals surface area contributed by atoms with Crippen molar-refractivity contribution in [2.24, 2.45) is 0 Å². The van der Waals surface area contributed by atoms with Crippen molar-refractivity contribution in [3.8, 4) is 6.07 Å². The molecule has 21 heavy (non-hydrogen) atoms. The van der Waals surface area contributed by atoms with Crippen LogP contribution in [0.3, 0.4) is 0 Å². The van der Waals surface area contributed by atoms with Crippen LogP contribution in [0.25, 0.3) is 0 Å². The SMILES string of the molecule is Cc1ccc(NC(=O)c2ccc([N+](=O)[O-])cc2C#N)nc1. The summed E-state index contributed by atoms with van der Waals surface area (Å²) in [6.45, 7) is 1.86. The lowest BCUT2D eigenvalue weighted by Crippen LogP contribution is -2.14. The molecule has 7 nitrogen and oxygen atoms in total. The predicted molar refractivity (Wildman–Crippen MR) is 74.7 cm³/mol. The van der Waals surface area contributed by atoms with Crippen molar-refractivity contribution in [2.75, 3.05) is 5.32 Å². The van der Waals surface area contributed by atoms with Gasteiger partial charge in [0.15, 0.2) is 0 Å². The number of aryl methyl sites for hydroxylation is 1. The Morgan fingerprint density at radius 1 is 1.38 bits per heavy atom. The highest BCUT2D eigenvalue weighted by Crippen LogP contribution is 2.18. The summed E-state index contributed by atoms with van der Waals surface area (Å²) in [7, 11) is 0. The van der Waals surface area contributed by atoms with Gasteiger partial charge in [-0.2, -0.15) is 5.26 Å². The van der Waals surface area contributed by atoms with E-state index in [0.717, 1.165) is 11.6 Å². The molecule has 1 aromatic carbocycles. The van der Waals surface area contributed by atoms with E-state index in [0.29, 0.717) is 5.82 Å². The summed E-state index contributed by atoms with van der Waals surface area (Å²) < 4.78 is 0. The number of nitro groups is 1. The minimum atomic E-state index is -0.621. The van der Waals surface area contributed by atoms with Crippen LogP contribution >= 0.6 is 0 Å². The molecule has 1 heterocycles. The molecule has 0 saturated heterocycles. The van der Waals surface area contributed by atoms with E-state index in [-0.39, 0.29) is 16.8 Å². The number of benzene rings is 1. The molecule has 0 aliphatic carbocycles. The van der Waals surface area contributed by atoms with E-state index in [1.165, 1.54) is 12.1 Å². The zero-order valence-electron chi connectivity index (χ0n) is 11.0. The first-order chi connectivity index (χ1) is 10.0. The molecular formula is C14H10N4O3. The fourth-order valence-electron chi connectivity index (χ4n) is 1.66. The molecule has 2 rings (SSSR count). The van der Waals surface area contributed by atoms with Gasteiger partial charge in [0.25, 0.3) is 11.6 Å². The van der Waals surface area contributed by atoms with E-state index in [1.807, 2.05) is 6.92 Å². The summed E-state index contributed by atoms with van der Waals surface area (Å²) in [6, 6.07) is 8.69.